The molecular weight excluding hydrogens is 320 g/mol. The van der Waals surface area contributed by atoms with Crippen molar-refractivity contribution in [3.8, 4) is 0 Å². The van der Waals surface area contributed by atoms with Crippen molar-refractivity contribution in [1.82, 2.24) is 0 Å². The second-order valence-corrected chi connectivity index (χ2v) is 5.95. The molecule has 0 unspecified atom stereocenters. The van der Waals surface area contributed by atoms with Gasteiger partial charge in [0.25, 0.3) is 5.79 Å². The van der Waals surface area contributed by atoms with Gasteiger partial charge in [-0.3, -0.25) is 0 Å². The molecule has 0 aliphatic carbocycles. The smallest absolute Gasteiger partial charge is 0.350 e. The van der Waals surface area contributed by atoms with Gasteiger partial charge >= 0.3 is 11.9 Å². The molecule has 0 amide bonds. The average molecular weight is 338 g/mol. The van der Waals surface area contributed by atoms with Crippen molar-refractivity contribution in [2.45, 2.75) is 19.6 Å². The van der Waals surface area contributed by atoms with E-state index in [2.05, 4.69) is 10.6 Å². The van der Waals surface area contributed by atoms with Gasteiger partial charge in [-0.05, 0) is 36.4 Å². The molecule has 0 radical (unpaired) electrons. The number of para-hydroxylation sites is 1. The van der Waals surface area contributed by atoms with Crippen LogP contribution in [0.25, 0.3) is 0 Å². The van der Waals surface area contributed by atoms with Crippen LogP contribution in [0.15, 0.2) is 66.4 Å². The molecule has 6 nitrogen and oxygen atoms in total. The van der Waals surface area contributed by atoms with Crippen LogP contribution in [0.3, 0.4) is 0 Å². The summed E-state index contributed by atoms with van der Waals surface area (Å²) in [5, 5.41) is 6.17. The van der Waals surface area contributed by atoms with Crippen LogP contribution in [0.5, 0.6) is 0 Å². The lowest BCUT2D eigenvalue weighted by atomic mass is 10.2. The molecule has 2 aromatic carbocycles. The Morgan fingerprint density at radius 3 is 1.92 bits per heavy atom. The lowest BCUT2D eigenvalue weighted by Gasteiger charge is -2.29. The normalized spacial score (nSPS) is 15.8. The number of ether oxygens (including phenoxy) is 2. The highest BCUT2D eigenvalue weighted by atomic mass is 16.7. The number of esters is 2. The largest absolute Gasteiger partial charge is 0.419 e. The molecule has 1 aliphatic heterocycles. The van der Waals surface area contributed by atoms with Gasteiger partial charge in [0.15, 0.2) is 5.57 Å². The van der Waals surface area contributed by atoms with E-state index in [1.807, 2.05) is 54.6 Å². The SMILES string of the molecule is CC1(C)OC(=O)C(=CNc2ccc(Nc3ccccc3)cc2)C(=O)O1. The Labute approximate surface area is 145 Å². The molecule has 6 heteroatoms. The molecule has 1 saturated heterocycles. The lowest BCUT2D eigenvalue weighted by Crippen LogP contribution is -2.42. The van der Waals surface area contributed by atoms with Crippen LogP contribution >= 0.6 is 0 Å². The number of carbonyl (C=O) groups excluding carboxylic acids is 2. The van der Waals surface area contributed by atoms with Gasteiger partial charge in [0, 0.05) is 37.1 Å². The van der Waals surface area contributed by atoms with Crippen LogP contribution < -0.4 is 10.6 Å². The minimum absolute atomic E-state index is 0.175. The predicted molar refractivity (Wildman–Crippen MR) is 94.1 cm³/mol. The van der Waals surface area contributed by atoms with Crippen LogP contribution in [-0.2, 0) is 19.1 Å². The highest BCUT2D eigenvalue weighted by Crippen LogP contribution is 2.23. The fraction of sp³-hybridized carbons (Fsp3) is 0.158. The molecule has 0 bridgehead atoms. The zero-order valence-electron chi connectivity index (χ0n) is 13.9. The molecule has 3 rings (SSSR count). The van der Waals surface area contributed by atoms with Gasteiger partial charge in [0.2, 0.25) is 0 Å². The van der Waals surface area contributed by atoms with Gasteiger partial charge in [-0.15, -0.1) is 0 Å². The predicted octanol–water partition coefficient (Wildman–Crippen LogP) is 3.56. The Hall–Kier alpha value is -3.28. The molecule has 0 saturated carbocycles. The zero-order valence-corrected chi connectivity index (χ0v) is 13.9. The average Bonchev–Trinajstić information content (AvgIpc) is 2.55. The Bertz CT molecular complexity index is 789. The fourth-order valence-corrected chi connectivity index (χ4v) is 2.27. The van der Waals surface area contributed by atoms with Crippen molar-refractivity contribution in [3.05, 3.63) is 66.4 Å². The maximum atomic E-state index is 11.9. The fourth-order valence-electron chi connectivity index (χ4n) is 2.27. The van der Waals surface area contributed by atoms with Crippen molar-refractivity contribution in [1.29, 1.82) is 0 Å². The molecule has 0 atom stereocenters. The van der Waals surface area contributed by atoms with E-state index in [1.54, 1.807) is 0 Å². The number of benzene rings is 2. The summed E-state index contributed by atoms with van der Waals surface area (Å²) < 4.78 is 10.1. The maximum Gasteiger partial charge on any atom is 0.350 e. The number of nitrogens with one attached hydrogen (secondary N) is 2. The van der Waals surface area contributed by atoms with Crippen molar-refractivity contribution >= 4 is 29.0 Å². The Morgan fingerprint density at radius 1 is 0.800 bits per heavy atom. The molecule has 1 fully saturated rings. The summed E-state index contributed by atoms with van der Waals surface area (Å²) >= 11 is 0. The summed E-state index contributed by atoms with van der Waals surface area (Å²) in [7, 11) is 0. The number of rotatable bonds is 4. The molecule has 0 aromatic heterocycles. The summed E-state index contributed by atoms with van der Waals surface area (Å²) in [5.41, 5.74) is 2.45. The molecule has 2 aromatic rings. The van der Waals surface area contributed by atoms with Crippen LogP contribution in [0, 0.1) is 0 Å². The van der Waals surface area contributed by atoms with E-state index >= 15 is 0 Å². The van der Waals surface area contributed by atoms with Crippen LogP contribution in [0.4, 0.5) is 17.1 Å². The molecule has 1 aliphatic rings. The summed E-state index contributed by atoms with van der Waals surface area (Å²) in [6.45, 7) is 3.01. The van der Waals surface area contributed by atoms with Gasteiger partial charge in [0.05, 0.1) is 0 Å². The number of carbonyl (C=O) groups is 2. The zero-order chi connectivity index (χ0) is 17.9. The Morgan fingerprint density at radius 2 is 1.32 bits per heavy atom. The van der Waals surface area contributed by atoms with Crippen molar-refractivity contribution in [3.63, 3.8) is 0 Å². The van der Waals surface area contributed by atoms with Crippen molar-refractivity contribution in [2.75, 3.05) is 10.6 Å². The van der Waals surface area contributed by atoms with E-state index in [9.17, 15) is 9.59 Å². The van der Waals surface area contributed by atoms with Crippen LogP contribution in [0.1, 0.15) is 13.8 Å². The van der Waals surface area contributed by atoms with Gasteiger partial charge in [-0.1, -0.05) is 18.2 Å². The van der Waals surface area contributed by atoms with Crippen molar-refractivity contribution in [2.24, 2.45) is 0 Å². The minimum Gasteiger partial charge on any atom is -0.419 e. The monoisotopic (exact) mass is 338 g/mol. The van der Waals surface area contributed by atoms with Gasteiger partial charge in [-0.2, -0.15) is 0 Å². The highest BCUT2D eigenvalue weighted by molar-refractivity contribution is 6.15. The Balaban J connectivity index is 1.66. The van der Waals surface area contributed by atoms with E-state index < -0.39 is 17.7 Å². The van der Waals surface area contributed by atoms with E-state index in [4.69, 9.17) is 9.47 Å². The third-order valence-corrected chi connectivity index (χ3v) is 3.45. The lowest BCUT2D eigenvalue weighted by molar-refractivity contribution is -0.222. The number of hydrogen-bond acceptors (Lipinski definition) is 6. The third-order valence-electron chi connectivity index (χ3n) is 3.45. The molecule has 0 spiro atoms. The summed E-state index contributed by atoms with van der Waals surface area (Å²) in [5.74, 6) is -2.66. The first-order valence-electron chi connectivity index (χ1n) is 7.78. The number of hydrogen-bond donors (Lipinski definition) is 2. The van der Waals surface area contributed by atoms with E-state index in [-0.39, 0.29) is 5.57 Å². The van der Waals surface area contributed by atoms with E-state index in [1.165, 1.54) is 20.0 Å². The summed E-state index contributed by atoms with van der Waals surface area (Å²) in [4.78, 5) is 23.7. The van der Waals surface area contributed by atoms with Gasteiger partial charge in [-0.25, -0.2) is 9.59 Å². The standard InChI is InChI=1S/C19H18N2O4/c1-19(2)24-17(22)16(18(23)25-19)12-20-13-8-10-15(11-9-13)21-14-6-4-3-5-7-14/h3-12,20-21H,1-2H3. The quantitative estimate of drug-likeness (QED) is 0.504. The molecule has 2 N–H and O–H groups in total. The van der Waals surface area contributed by atoms with Crippen LogP contribution in [-0.4, -0.2) is 17.7 Å². The van der Waals surface area contributed by atoms with E-state index in [0.29, 0.717) is 0 Å². The molecule has 25 heavy (non-hydrogen) atoms. The minimum atomic E-state index is -1.24. The molecule has 1 heterocycles. The first-order chi connectivity index (χ1) is 11.9. The second kappa shape index (κ2) is 6.68. The Kier molecular flexibility index (Phi) is 4.43. The third kappa shape index (κ3) is 4.17. The first-order valence-corrected chi connectivity index (χ1v) is 7.78. The van der Waals surface area contributed by atoms with E-state index in [0.717, 1.165) is 17.1 Å². The summed E-state index contributed by atoms with van der Waals surface area (Å²) in [6, 6.07) is 17.2. The molecular formula is C19H18N2O4. The van der Waals surface area contributed by atoms with Crippen LogP contribution in [0.2, 0.25) is 0 Å². The van der Waals surface area contributed by atoms with Gasteiger partial charge in [0.1, 0.15) is 0 Å². The topological polar surface area (TPSA) is 76.7 Å². The number of cyclic esters (lactones) is 2. The second-order valence-electron chi connectivity index (χ2n) is 5.95. The maximum absolute atomic E-state index is 11.9. The van der Waals surface area contributed by atoms with Gasteiger partial charge < -0.3 is 20.1 Å². The number of anilines is 3. The highest BCUT2D eigenvalue weighted by Gasteiger charge is 2.38. The van der Waals surface area contributed by atoms with Crippen molar-refractivity contribution < 1.29 is 19.1 Å². The molecule has 128 valence electrons. The first kappa shape index (κ1) is 16.6. The summed E-state index contributed by atoms with van der Waals surface area (Å²) in [6.07, 6.45) is 1.29.